The summed E-state index contributed by atoms with van der Waals surface area (Å²) in [6.45, 7) is 4.47. The molecule has 1 N–H and O–H groups in total. The van der Waals surface area contributed by atoms with Gasteiger partial charge in [-0.2, -0.15) is 0 Å². The Morgan fingerprint density at radius 3 is 1.93 bits per heavy atom. The minimum atomic E-state index is -0.923. The van der Waals surface area contributed by atoms with Gasteiger partial charge in [0, 0.05) is 0 Å². The molecule has 0 bridgehead atoms. The first kappa shape index (κ1) is 24.0. The summed E-state index contributed by atoms with van der Waals surface area (Å²) in [5.74, 6) is 0. The Labute approximate surface area is 183 Å². The van der Waals surface area contributed by atoms with Gasteiger partial charge in [-0.15, -0.1) is 0 Å². The number of anilines is 2. The van der Waals surface area contributed by atoms with E-state index in [0.717, 1.165) is 24.9 Å². The topological polar surface area (TPSA) is 40.5 Å². The molecule has 0 aliphatic heterocycles. The van der Waals surface area contributed by atoms with Gasteiger partial charge in [0.2, 0.25) is 0 Å². The van der Waals surface area contributed by atoms with Crippen LogP contribution in [-0.4, -0.2) is 11.2 Å². The van der Waals surface area contributed by atoms with E-state index >= 15 is 0 Å². The van der Waals surface area contributed by atoms with E-state index in [4.69, 9.17) is 0 Å². The lowest BCUT2D eigenvalue weighted by atomic mass is 9.94. The number of rotatable bonds is 14. The fraction of sp³-hybridized carbons (Fsp3) is 0.519. The van der Waals surface area contributed by atoms with Gasteiger partial charge in [-0.1, -0.05) is 95.5 Å². The number of benzene rings is 2. The van der Waals surface area contributed by atoms with E-state index in [1.165, 1.54) is 73.8 Å². The average molecular weight is 410 g/mol. The van der Waals surface area contributed by atoms with E-state index in [1.54, 1.807) is 0 Å². The van der Waals surface area contributed by atoms with Crippen LogP contribution in [0.2, 0.25) is 0 Å². The zero-order valence-electron chi connectivity index (χ0n) is 18.9. The van der Waals surface area contributed by atoms with Crippen molar-refractivity contribution in [2.24, 2.45) is 0 Å². The minimum absolute atomic E-state index is 0.706. The summed E-state index contributed by atoms with van der Waals surface area (Å²) in [5, 5.41) is 10.0. The molecule has 0 saturated heterocycles. The second kappa shape index (κ2) is 13.8. The Hall–Kier alpha value is -2.29. The molecule has 3 nitrogen and oxygen atoms in total. The van der Waals surface area contributed by atoms with Crippen LogP contribution in [0, 0.1) is 0 Å². The van der Waals surface area contributed by atoms with Crippen LogP contribution < -0.4 is 4.90 Å². The quantitative estimate of drug-likeness (QED) is 0.318. The number of para-hydroxylation sites is 1. The molecule has 2 rings (SSSR count). The molecule has 2 aromatic rings. The minimum Gasteiger partial charge on any atom is -0.464 e. The molecule has 2 aromatic carbocycles. The van der Waals surface area contributed by atoms with Crippen molar-refractivity contribution in [3.63, 3.8) is 0 Å². The molecule has 0 fully saturated rings. The molecule has 0 atom stereocenters. The van der Waals surface area contributed by atoms with Crippen molar-refractivity contribution in [2.75, 3.05) is 4.90 Å². The summed E-state index contributed by atoms with van der Waals surface area (Å²) in [5.41, 5.74) is 4.07. The number of hydrogen-bond donors (Lipinski definition) is 1. The number of amides is 1. The Balaban J connectivity index is 2.27. The van der Waals surface area contributed by atoms with E-state index in [-0.39, 0.29) is 0 Å². The highest BCUT2D eigenvalue weighted by Crippen LogP contribution is 2.33. The molecule has 0 unspecified atom stereocenters. The highest BCUT2D eigenvalue weighted by atomic mass is 16.4. The van der Waals surface area contributed by atoms with Crippen LogP contribution in [0.1, 0.15) is 89.2 Å². The van der Waals surface area contributed by atoms with Gasteiger partial charge >= 0.3 is 6.09 Å². The summed E-state index contributed by atoms with van der Waals surface area (Å²) in [6, 6.07) is 15.7. The van der Waals surface area contributed by atoms with Crippen molar-refractivity contribution in [3.8, 4) is 0 Å². The summed E-state index contributed by atoms with van der Waals surface area (Å²) in [4.78, 5) is 13.7. The maximum absolute atomic E-state index is 12.2. The van der Waals surface area contributed by atoms with Crippen molar-refractivity contribution < 1.29 is 9.90 Å². The Bertz CT molecular complexity index is 742. The highest BCUT2D eigenvalue weighted by molar-refractivity contribution is 5.95. The van der Waals surface area contributed by atoms with Crippen molar-refractivity contribution in [1.29, 1.82) is 0 Å². The molecule has 3 heteroatoms. The molecule has 0 aromatic heterocycles. The lowest BCUT2D eigenvalue weighted by Crippen LogP contribution is -2.25. The van der Waals surface area contributed by atoms with Crippen LogP contribution in [0.25, 0.3) is 0 Å². The van der Waals surface area contributed by atoms with E-state index in [2.05, 4.69) is 19.9 Å². The van der Waals surface area contributed by atoms with Crippen molar-refractivity contribution in [3.05, 3.63) is 59.7 Å². The molecule has 0 aliphatic rings. The van der Waals surface area contributed by atoms with Gasteiger partial charge in [0.05, 0.1) is 11.4 Å². The predicted octanol–water partition coefficient (Wildman–Crippen LogP) is 8.53. The van der Waals surface area contributed by atoms with Crippen LogP contribution in [0.5, 0.6) is 0 Å². The van der Waals surface area contributed by atoms with Gasteiger partial charge in [0.1, 0.15) is 0 Å². The van der Waals surface area contributed by atoms with E-state index in [1.807, 2.05) is 42.5 Å². The largest absolute Gasteiger partial charge is 0.464 e. The Morgan fingerprint density at radius 2 is 1.33 bits per heavy atom. The van der Waals surface area contributed by atoms with Crippen LogP contribution >= 0.6 is 0 Å². The zero-order chi connectivity index (χ0) is 21.6. The maximum Gasteiger partial charge on any atom is 0.416 e. The summed E-state index contributed by atoms with van der Waals surface area (Å²) < 4.78 is 0. The van der Waals surface area contributed by atoms with Crippen LogP contribution in [-0.2, 0) is 12.8 Å². The SMILES string of the molecule is CCCCCCCc1cccc(N(C(=O)O)c2ccccc2)c1CCCCCCC. The molecule has 30 heavy (non-hydrogen) atoms. The van der Waals surface area contributed by atoms with Crippen LogP contribution in [0.3, 0.4) is 0 Å². The summed E-state index contributed by atoms with van der Waals surface area (Å²) >= 11 is 0. The monoisotopic (exact) mass is 409 g/mol. The summed E-state index contributed by atoms with van der Waals surface area (Å²) in [7, 11) is 0. The molecule has 0 radical (unpaired) electrons. The van der Waals surface area contributed by atoms with Gasteiger partial charge < -0.3 is 5.11 Å². The normalized spacial score (nSPS) is 10.9. The maximum atomic E-state index is 12.2. The fourth-order valence-corrected chi connectivity index (χ4v) is 4.11. The van der Waals surface area contributed by atoms with Gasteiger partial charge in [0.15, 0.2) is 0 Å². The lowest BCUT2D eigenvalue weighted by Gasteiger charge is -2.24. The molecule has 164 valence electrons. The highest BCUT2D eigenvalue weighted by Gasteiger charge is 2.21. The molecular weight excluding hydrogens is 370 g/mol. The molecule has 0 heterocycles. The van der Waals surface area contributed by atoms with Crippen LogP contribution in [0.4, 0.5) is 16.2 Å². The van der Waals surface area contributed by atoms with Crippen molar-refractivity contribution >= 4 is 17.5 Å². The Kier molecular flexibility index (Phi) is 11.1. The predicted molar refractivity (Wildman–Crippen MR) is 128 cm³/mol. The number of aryl methyl sites for hydroxylation is 1. The van der Waals surface area contributed by atoms with Gasteiger partial charge in [0.25, 0.3) is 0 Å². The smallest absolute Gasteiger partial charge is 0.416 e. The second-order valence-electron chi connectivity index (χ2n) is 8.20. The van der Waals surface area contributed by atoms with E-state index in [9.17, 15) is 9.90 Å². The van der Waals surface area contributed by atoms with Gasteiger partial charge in [-0.3, -0.25) is 0 Å². The van der Waals surface area contributed by atoms with Crippen molar-refractivity contribution in [1.82, 2.24) is 0 Å². The standard InChI is InChI=1S/C27H39NO2/c1-3-5-7-9-12-17-23-18-16-22-26(25(23)21-15-10-8-6-4-2)28(27(29)30)24-19-13-11-14-20-24/h11,13-14,16,18-20,22H,3-10,12,15,17,21H2,1-2H3,(H,29,30). The molecular formula is C27H39NO2. The fourth-order valence-electron chi connectivity index (χ4n) is 4.11. The molecule has 0 saturated carbocycles. The third-order valence-electron chi connectivity index (χ3n) is 5.77. The number of unbranched alkanes of at least 4 members (excludes halogenated alkanes) is 8. The average Bonchev–Trinajstić information content (AvgIpc) is 2.75. The molecule has 0 spiro atoms. The third kappa shape index (κ3) is 7.51. The van der Waals surface area contributed by atoms with E-state index < -0.39 is 6.09 Å². The first-order valence-electron chi connectivity index (χ1n) is 11.9. The number of hydrogen-bond acceptors (Lipinski definition) is 1. The Morgan fingerprint density at radius 1 is 0.733 bits per heavy atom. The molecule has 0 aliphatic carbocycles. The van der Waals surface area contributed by atoms with Crippen molar-refractivity contribution in [2.45, 2.75) is 90.9 Å². The lowest BCUT2D eigenvalue weighted by molar-refractivity contribution is 0.204. The number of nitrogens with zero attached hydrogens (tertiary/aromatic N) is 1. The second-order valence-corrected chi connectivity index (χ2v) is 8.20. The van der Waals surface area contributed by atoms with Gasteiger partial charge in [-0.05, 0) is 55.0 Å². The first-order chi connectivity index (χ1) is 14.7. The summed E-state index contributed by atoms with van der Waals surface area (Å²) in [6.07, 6.45) is 13.4. The number of carboxylic acid groups (broad SMARTS) is 1. The number of carbonyl (C=O) groups is 1. The molecule has 1 amide bonds. The van der Waals surface area contributed by atoms with E-state index in [0.29, 0.717) is 5.69 Å². The van der Waals surface area contributed by atoms with Gasteiger partial charge in [-0.25, -0.2) is 9.69 Å². The third-order valence-corrected chi connectivity index (χ3v) is 5.77. The zero-order valence-corrected chi connectivity index (χ0v) is 18.9. The van der Waals surface area contributed by atoms with Crippen LogP contribution in [0.15, 0.2) is 48.5 Å². The first-order valence-corrected chi connectivity index (χ1v) is 11.9.